The number of piperidine rings is 1. The predicted octanol–water partition coefficient (Wildman–Crippen LogP) is 3.71. The summed E-state index contributed by atoms with van der Waals surface area (Å²) in [6.07, 6.45) is 4.66. The van der Waals surface area contributed by atoms with Crippen LogP contribution >= 0.6 is 0 Å². The zero-order chi connectivity index (χ0) is 21.1. The molecule has 1 aliphatic heterocycles. The van der Waals surface area contributed by atoms with Crippen molar-refractivity contribution < 1.29 is 14.3 Å². The Balaban J connectivity index is 1.79. The molecule has 7 heteroatoms. The minimum absolute atomic E-state index is 0.00610. The van der Waals surface area contributed by atoms with E-state index in [0.717, 1.165) is 38.0 Å². The largest absolute Gasteiger partial charge is 0.497 e. The molecule has 3 N–H and O–H groups in total. The molecule has 0 aliphatic carbocycles. The number of pyridine rings is 1. The summed E-state index contributed by atoms with van der Waals surface area (Å²) < 4.78 is 5.28. The molecular weight excluding hydrogens is 380 g/mol. The maximum atomic E-state index is 13.0. The molecule has 30 heavy (non-hydrogen) atoms. The van der Waals surface area contributed by atoms with Gasteiger partial charge in [-0.3, -0.25) is 14.6 Å². The number of rotatable bonds is 5. The number of primary amides is 1. The minimum atomic E-state index is -0.595. The molecule has 2 heterocycles. The molecule has 0 bridgehead atoms. The van der Waals surface area contributed by atoms with Crippen LogP contribution in [0.3, 0.4) is 0 Å². The van der Waals surface area contributed by atoms with Crippen LogP contribution in [0.15, 0.2) is 48.7 Å². The molecule has 1 saturated heterocycles. The highest BCUT2D eigenvalue weighted by molar-refractivity contribution is 6.09. The number of methoxy groups -OCH3 is 1. The lowest BCUT2D eigenvalue weighted by atomic mass is 10.0. The Morgan fingerprint density at radius 1 is 1.10 bits per heavy atom. The van der Waals surface area contributed by atoms with Crippen molar-refractivity contribution in [2.45, 2.75) is 19.3 Å². The first-order chi connectivity index (χ1) is 14.6. The molecule has 2 aromatic carbocycles. The zero-order valence-electron chi connectivity index (χ0n) is 16.9. The summed E-state index contributed by atoms with van der Waals surface area (Å²) in [5.74, 6) is 0.0796. The zero-order valence-corrected chi connectivity index (χ0v) is 16.9. The van der Waals surface area contributed by atoms with E-state index in [-0.39, 0.29) is 11.5 Å². The molecule has 0 atom stereocenters. The van der Waals surface area contributed by atoms with Gasteiger partial charge in [-0.25, -0.2) is 0 Å². The number of amides is 2. The van der Waals surface area contributed by atoms with Gasteiger partial charge in [-0.15, -0.1) is 0 Å². The number of carbonyl (C=O) groups excluding carboxylic acids is 2. The van der Waals surface area contributed by atoms with Gasteiger partial charge in [0.15, 0.2) is 0 Å². The Morgan fingerprint density at radius 3 is 2.63 bits per heavy atom. The Morgan fingerprint density at radius 2 is 1.90 bits per heavy atom. The molecule has 2 amide bonds. The average Bonchev–Trinajstić information content (AvgIpc) is 2.79. The van der Waals surface area contributed by atoms with Gasteiger partial charge in [0.2, 0.25) is 0 Å². The van der Waals surface area contributed by atoms with Crippen molar-refractivity contribution in [1.29, 1.82) is 0 Å². The summed E-state index contributed by atoms with van der Waals surface area (Å²) in [5, 5.41) is 3.94. The molecule has 1 fully saturated rings. The number of ether oxygens (including phenoxy) is 1. The fraction of sp³-hybridized carbons (Fsp3) is 0.261. The summed E-state index contributed by atoms with van der Waals surface area (Å²) >= 11 is 0. The maximum absolute atomic E-state index is 13.0. The SMILES string of the molecule is COc1cccc(Nc2c(C(N)=O)cnc3ccc(C(=O)N4CCCCC4)cc23)c1. The first kappa shape index (κ1) is 19.7. The van der Waals surface area contributed by atoms with Crippen LogP contribution in [0.5, 0.6) is 5.75 Å². The molecule has 3 aromatic rings. The normalized spacial score (nSPS) is 13.8. The fourth-order valence-corrected chi connectivity index (χ4v) is 3.77. The first-order valence-corrected chi connectivity index (χ1v) is 10.00. The van der Waals surface area contributed by atoms with Crippen molar-refractivity contribution in [3.05, 3.63) is 59.8 Å². The van der Waals surface area contributed by atoms with E-state index in [4.69, 9.17) is 10.5 Å². The summed E-state index contributed by atoms with van der Waals surface area (Å²) in [7, 11) is 1.59. The number of aromatic nitrogens is 1. The third kappa shape index (κ3) is 3.91. The molecule has 0 spiro atoms. The molecular formula is C23H24N4O3. The van der Waals surface area contributed by atoms with E-state index in [1.54, 1.807) is 25.3 Å². The van der Waals surface area contributed by atoms with Crippen LogP contribution in [0.2, 0.25) is 0 Å². The van der Waals surface area contributed by atoms with Crippen LogP contribution in [-0.4, -0.2) is 41.9 Å². The van der Waals surface area contributed by atoms with E-state index in [1.165, 1.54) is 6.20 Å². The summed E-state index contributed by atoms with van der Waals surface area (Å²) in [4.78, 5) is 31.3. The number of anilines is 2. The first-order valence-electron chi connectivity index (χ1n) is 10.00. The van der Waals surface area contributed by atoms with Crippen molar-refractivity contribution >= 4 is 34.1 Å². The Kier molecular flexibility index (Phi) is 5.52. The fourth-order valence-electron chi connectivity index (χ4n) is 3.77. The number of likely N-dealkylation sites (tertiary alicyclic amines) is 1. The summed E-state index contributed by atoms with van der Waals surface area (Å²) in [6, 6.07) is 12.7. The molecule has 0 radical (unpaired) electrons. The summed E-state index contributed by atoms with van der Waals surface area (Å²) in [6.45, 7) is 1.54. The molecule has 154 valence electrons. The number of carbonyl (C=O) groups is 2. The van der Waals surface area contributed by atoms with Gasteiger partial charge in [-0.05, 0) is 49.6 Å². The van der Waals surface area contributed by atoms with Gasteiger partial charge in [-0.2, -0.15) is 0 Å². The number of nitrogens with one attached hydrogen (secondary N) is 1. The van der Waals surface area contributed by atoms with E-state index >= 15 is 0 Å². The van der Waals surface area contributed by atoms with Crippen LogP contribution in [0, 0.1) is 0 Å². The number of hydrogen-bond acceptors (Lipinski definition) is 5. The highest BCUT2D eigenvalue weighted by Gasteiger charge is 2.20. The molecule has 0 saturated carbocycles. The second-order valence-electron chi connectivity index (χ2n) is 7.35. The van der Waals surface area contributed by atoms with Crippen molar-refractivity contribution in [1.82, 2.24) is 9.88 Å². The van der Waals surface area contributed by atoms with Gasteiger partial charge in [0.1, 0.15) is 5.75 Å². The molecule has 1 aromatic heterocycles. The molecule has 7 nitrogen and oxygen atoms in total. The number of hydrogen-bond donors (Lipinski definition) is 2. The van der Waals surface area contributed by atoms with Gasteiger partial charge in [0.05, 0.1) is 23.9 Å². The van der Waals surface area contributed by atoms with Gasteiger partial charge in [-0.1, -0.05) is 6.07 Å². The monoisotopic (exact) mass is 404 g/mol. The maximum Gasteiger partial charge on any atom is 0.253 e. The number of nitrogens with two attached hydrogens (primary N) is 1. The van der Waals surface area contributed by atoms with Crippen LogP contribution in [0.1, 0.15) is 40.0 Å². The van der Waals surface area contributed by atoms with Crippen LogP contribution in [0.25, 0.3) is 10.9 Å². The Labute approximate surface area is 174 Å². The van der Waals surface area contributed by atoms with Crippen LogP contribution < -0.4 is 15.8 Å². The molecule has 1 aliphatic rings. The van der Waals surface area contributed by atoms with Gasteiger partial charge >= 0.3 is 0 Å². The van der Waals surface area contributed by atoms with Gasteiger partial charge in [0, 0.05) is 42.0 Å². The predicted molar refractivity (Wildman–Crippen MR) is 116 cm³/mol. The third-order valence-electron chi connectivity index (χ3n) is 5.36. The quantitative estimate of drug-likeness (QED) is 0.676. The van der Waals surface area contributed by atoms with Crippen LogP contribution in [-0.2, 0) is 0 Å². The van der Waals surface area contributed by atoms with E-state index in [1.807, 2.05) is 29.2 Å². The lowest BCUT2D eigenvalue weighted by Crippen LogP contribution is -2.35. The van der Waals surface area contributed by atoms with Gasteiger partial charge < -0.3 is 20.7 Å². The van der Waals surface area contributed by atoms with Crippen molar-refractivity contribution in [3.63, 3.8) is 0 Å². The summed E-state index contributed by atoms with van der Waals surface area (Å²) in [5.41, 5.74) is 8.36. The van der Waals surface area contributed by atoms with Crippen molar-refractivity contribution in [2.75, 3.05) is 25.5 Å². The second kappa shape index (κ2) is 8.41. The van der Waals surface area contributed by atoms with E-state index in [9.17, 15) is 9.59 Å². The van der Waals surface area contributed by atoms with E-state index in [2.05, 4.69) is 10.3 Å². The topological polar surface area (TPSA) is 97.5 Å². The number of nitrogens with zero attached hydrogens (tertiary/aromatic N) is 2. The van der Waals surface area contributed by atoms with Crippen LogP contribution in [0.4, 0.5) is 11.4 Å². The molecule has 4 rings (SSSR count). The van der Waals surface area contributed by atoms with E-state index in [0.29, 0.717) is 27.9 Å². The van der Waals surface area contributed by atoms with E-state index < -0.39 is 5.91 Å². The number of benzene rings is 2. The Hall–Kier alpha value is -3.61. The standard InChI is InChI=1S/C23H24N4O3/c1-30-17-7-5-6-16(13-17)26-21-18-12-15(23(29)27-10-3-2-4-11-27)8-9-20(18)25-14-19(21)22(24)28/h5-9,12-14H,2-4,10-11H2,1H3,(H2,24,28)(H,25,26). The highest BCUT2D eigenvalue weighted by Crippen LogP contribution is 2.31. The highest BCUT2D eigenvalue weighted by atomic mass is 16.5. The number of fused-ring (bicyclic) bond motifs is 1. The van der Waals surface area contributed by atoms with Crippen molar-refractivity contribution in [3.8, 4) is 5.75 Å². The lowest BCUT2D eigenvalue weighted by Gasteiger charge is -2.27. The second-order valence-corrected chi connectivity index (χ2v) is 7.35. The average molecular weight is 404 g/mol. The Bertz CT molecular complexity index is 1110. The lowest BCUT2D eigenvalue weighted by molar-refractivity contribution is 0.0724. The van der Waals surface area contributed by atoms with Gasteiger partial charge in [0.25, 0.3) is 11.8 Å². The molecule has 0 unspecified atom stereocenters. The smallest absolute Gasteiger partial charge is 0.253 e. The third-order valence-corrected chi connectivity index (χ3v) is 5.36. The minimum Gasteiger partial charge on any atom is -0.497 e. The van der Waals surface area contributed by atoms with Crippen molar-refractivity contribution in [2.24, 2.45) is 5.73 Å².